The Bertz CT molecular complexity index is 556. The van der Waals surface area contributed by atoms with Crippen molar-refractivity contribution in [2.45, 2.75) is 18.9 Å². The molecule has 5 heteroatoms. The highest BCUT2D eigenvalue weighted by atomic mass is 32.1. The molecule has 104 valence electrons. The predicted molar refractivity (Wildman–Crippen MR) is 81.3 cm³/mol. The molecule has 1 N–H and O–H groups in total. The fourth-order valence-corrected chi connectivity index (χ4v) is 3.30. The van der Waals surface area contributed by atoms with Gasteiger partial charge in [0.1, 0.15) is 0 Å². The Hall–Kier alpha value is -1.88. The first-order valence-corrected chi connectivity index (χ1v) is 7.72. The monoisotopic (exact) mass is 287 g/mol. The van der Waals surface area contributed by atoms with E-state index in [2.05, 4.69) is 15.2 Å². The Morgan fingerprint density at radius 3 is 3.00 bits per heavy atom. The van der Waals surface area contributed by atoms with Crippen molar-refractivity contribution >= 4 is 22.4 Å². The summed E-state index contributed by atoms with van der Waals surface area (Å²) in [6, 6.07) is 9.70. The number of nitrogens with one attached hydrogen (secondary N) is 1. The number of thiazole rings is 1. The predicted octanol–water partition coefficient (Wildman–Crippen LogP) is 2.54. The van der Waals surface area contributed by atoms with E-state index in [0.717, 1.165) is 24.5 Å². The number of hydrogen-bond acceptors (Lipinski definition) is 4. The largest absolute Gasteiger partial charge is 0.350 e. The maximum absolute atomic E-state index is 12.1. The van der Waals surface area contributed by atoms with E-state index in [4.69, 9.17) is 0 Å². The molecular formula is C15H17N3OS. The van der Waals surface area contributed by atoms with Crippen LogP contribution in [0.2, 0.25) is 0 Å². The summed E-state index contributed by atoms with van der Waals surface area (Å²) in [6.07, 6.45) is 4.10. The Balaban J connectivity index is 1.59. The van der Waals surface area contributed by atoms with E-state index >= 15 is 0 Å². The zero-order valence-electron chi connectivity index (χ0n) is 11.2. The molecule has 0 bridgehead atoms. The van der Waals surface area contributed by atoms with E-state index in [9.17, 15) is 4.79 Å². The van der Waals surface area contributed by atoms with Gasteiger partial charge in [-0.25, -0.2) is 4.98 Å². The average molecular weight is 287 g/mol. The molecule has 1 aliphatic rings. The van der Waals surface area contributed by atoms with Gasteiger partial charge in [0.25, 0.3) is 5.91 Å². The van der Waals surface area contributed by atoms with E-state index in [1.54, 1.807) is 11.3 Å². The minimum Gasteiger partial charge on any atom is -0.350 e. The zero-order valence-corrected chi connectivity index (χ0v) is 12.0. The number of carbonyl (C=O) groups excluding carboxylic acids is 1. The number of rotatable bonds is 4. The van der Waals surface area contributed by atoms with Crippen molar-refractivity contribution in [1.29, 1.82) is 0 Å². The zero-order chi connectivity index (χ0) is 13.8. The molecule has 0 aliphatic carbocycles. The lowest BCUT2D eigenvalue weighted by Gasteiger charge is -2.24. The highest BCUT2D eigenvalue weighted by Crippen LogP contribution is 2.26. The van der Waals surface area contributed by atoms with Crippen molar-refractivity contribution in [2.24, 2.45) is 0 Å². The van der Waals surface area contributed by atoms with Crippen LogP contribution in [0.1, 0.15) is 23.2 Å². The molecule has 0 saturated carbocycles. The van der Waals surface area contributed by atoms with E-state index in [-0.39, 0.29) is 5.91 Å². The molecule has 2 aromatic rings. The number of anilines is 1. The number of benzene rings is 1. The Morgan fingerprint density at radius 1 is 1.40 bits per heavy atom. The van der Waals surface area contributed by atoms with Crippen LogP contribution in [0.5, 0.6) is 0 Å². The Morgan fingerprint density at radius 2 is 2.25 bits per heavy atom. The Kier molecular flexibility index (Phi) is 3.97. The van der Waals surface area contributed by atoms with Crippen LogP contribution in [0.3, 0.4) is 0 Å². The molecule has 0 unspecified atom stereocenters. The average Bonchev–Trinajstić information content (AvgIpc) is 3.16. The first-order chi connectivity index (χ1) is 9.84. The minimum atomic E-state index is -0.00316. The molecule has 0 spiro atoms. The van der Waals surface area contributed by atoms with Gasteiger partial charge in [-0.2, -0.15) is 0 Å². The van der Waals surface area contributed by atoms with Crippen LogP contribution < -0.4 is 10.2 Å². The van der Waals surface area contributed by atoms with Crippen molar-refractivity contribution in [3.05, 3.63) is 47.5 Å². The van der Waals surface area contributed by atoms with Gasteiger partial charge in [-0.05, 0) is 25.0 Å². The molecule has 4 nitrogen and oxygen atoms in total. The summed E-state index contributed by atoms with van der Waals surface area (Å²) in [5.41, 5.74) is 0.714. The van der Waals surface area contributed by atoms with Crippen LogP contribution >= 0.6 is 11.3 Å². The highest BCUT2D eigenvalue weighted by Gasteiger charge is 2.26. The molecule has 1 atom stereocenters. The molecule has 20 heavy (non-hydrogen) atoms. The molecule has 1 amide bonds. The second-order valence-corrected chi connectivity index (χ2v) is 5.75. The molecule has 1 saturated heterocycles. The Labute approximate surface area is 122 Å². The lowest BCUT2D eigenvalue weighted by Crippen LogP contribution is -2.40. The lowest BCUT2D eigenvalue weighted by molar-refractivity contribution is 0.0951. The normalized spacial score (nSPS) is 18.2. The minimum absolute atomic E-state index is 0.00316. The van der Waals surface area contributed by atoms with Gasteiger partial charge in [0.2, 0.25) is 0 Å². The molecule has 2 heterocycles. The number of aromatic nitrogens is 1. The highest BCUT2D eigenvalue weighted by molar-refractivity contribution is 7.13. The number of amides is 1. The van der Waals surface area contributed by atoms with E-state index < -0.39 is 0 Å². The van der Waals surface area contributed by atoms with Crippen LogP contribution in [0.15, 0.2) is 41.9 Å². The summed E-state index contributed by atoms with van der Waals surface area (Å²) in [5, 5.41) is 6.08. The maximum atomic E-state index is 12.1. The smallest absolute Gasteiger partial charge is 0.251 e. The second kappa shape index (κ2) is 6.05. The SMILES string of the molecule is O=C(NC[C@@H]1CCCN1c1nccs1)c1ccccc1. The van der Waals surface area contributed by atoms with Gasteiger partial charge in [0.15, 0.2) is 5.13 Å². The molecule has 1 aromatic carbocycles. The van der Waals surface area contributed by atoms with Gasteiger partial charge < -0.3 is 10.2 Å². The van der Waals surface area contributed by atoms with Crippen LogP contribution in [0.25, 0.3) is 0 Å². The van der Waals surface area contributed by atoms with E-state index in [1.807, 2.05) is 41.9 Å². The van der Waals surface area contributed by atoms with Crippen LogP contribution in [-0.2, 0) is 0 Å². The molecule has 1 aliphatic heterocycles. The quantitative estimate of drug-likeness (QED) is 0.940. The third kappa shape index (κ3) is 2.82. The van der Waals surface area contributed by atoms with Crippen LogP contribution in [0, 0.1) is 0 Å². The standard InChI is InChI=1S/C15H17N3OS/c19-14(12-5-2-1-3-6-12)17-11-13-7-4-9-18(13)15-16-8-10-20-15/h1-3,5-6,8,10,13H,4,7,9,11H2,(H,17,19)/t13-/m0/s1. The lowest BCUT2D eigenvalue weighted by atomic mass is 10.2. The second-order valence-electron chi connectivity index (χ2n) is 4.88. The number of carbonyl (C=O) groups is 1. The van der Waals surface area contributed by atoms with Crippen LogP contribution in [0.4, 0.5) is 5.13 Å². The van der Waals surface area contributed by atoms with Gasteiger partial charge >= 0.3 is 0 Å². The summed E-state index contributed by atoms with van der Waals surface area (Å²) >= 11 is 1.66. The van der Waals surface area contributed by atoms with Crippen molar-refractivity contribution in [1.82, 2.24) is 10.3 Å². The number of hydrogen-bond donors (Lipinski definition) is 1. The fourth-order valence-electron chi connectivity index (χ4n) is 2.56. The first kappa shape index (κ1) is 13.1. The van der Waals surface area contributed by atoms with Gasteiger partial charge in [0, 0.05) is 36.3 Å². The maximum Gasteiger partial charge on any atom is 0.251 e. The van der Waals surface area contributed by atoms with Crippen LogP contribution in [-0.4, -0.2) is 30.0 Å². The summed E-state index contributed by atoms with van der Waals surface area (Å²) in [5.74, 6) is -0.00316. The van der Waals surface area contributed by atoms with Crippen molar-refractivity contribution in [3.63, 3.8) is 0 Å². The summed E-state index contributed by atoms with van der Waals surface area (Å²) in [4.78, 5) is 18.7. The topological polar surface area (TPSA) is 45.2 Å². The van der Waals surface area contributed by atoms with Crippen molar-refractivity contribution < 1.29 is 4.79 Å². The number of nitrogens with zero attached hydrogens (tertiary/aromatic N) is 2. The summed E-state index contributed by atoms with van der Waals surface area (Å²) in [7, 11) is 0. The molecular weight excluding hydrogens is 270 g/mol. The van der Waals surface area contributed by atoms with Gasteiger partial charge in [-0.3, -0.25) is 4.79 Å². The third-order valence-corrected chi connectivity index (χ3v) is 4.38. The van der Waals surface area contributed by atoms with Crippen molar-refractivity contribution in [2.75, 3.05) is 18.0 Å². The van der Waals surface area contributed by atoms with Gasteiger partial charge in [0.05, 0.1) is 0 Å². The summed E-state index contributed by atoms with van der Waals surface area (Å²) < 4.78 is 0. The fraction of sp³-hybridized carbons (Fsp3) is 0.333. The van der Waals surface area contributed by atoms with E-state index in [0.29, 0.717) is 18.2 Å². The molecule has 1 aromatic heterocycles. The van der Waals surface area contributed by atoms with Gasteiger partial charge in [-0.1, -0.05) is 18.2 Å². The van der Waals surface area contributed by atoms with Crippen molar-refractivity contribution in [3.8, 4) is 0 Å². The molecule has 0 radical (unpaired) electrons. The van der Waals surface area contributed by atoms with E-state index in [1.165, 1.54) is 0 Å². The summed E-state index contributed by atoms with van der Waals surface area (Å²) in [6.45, 7) is 1.70. The molecule has 1 fully saturated rings. The first-order valence-electron chi connectivity index (χ1n) is 6.84. The third-order valence-electron chi connectivity index (χ3n) is 3.58. The van der Waals surface area contributed by atoms with Gasteiger partial charge in [-0.15, -0.1) is 11.3 Å². The molecule has 3 rings (SSSR count).